The molecule has 7 heteroatoms. The molecule has 0 aliphatic carbocycles. The number of amides is 1. The first kappa shape index (κ1) is 16.8. The molecule has 1 aliphatic heterocycles. The van der Waals surface area contributed by atoms with Crippen LogP contribution in [0.25, 0.3) is 10.2 Å². The van der Waals surface area contributed by atoms with E-state index in [-0.39, 0.29) is 11.9 Å². The summed E-state index contributed by atoms with van der Waals surface area (Å²) in [6.45, 7) is 1.77. The van der Waals surface area contributed by atoms with Gasteiger partial charge in [-0.25, -0.2) is 4.98 Å². The van der Waals surface area contributed by atoms with Crippen molar-refractivity contribution >= 4 is 32.6 Å². The van der Waals surface area contributed by atoms with Gasteiger partial charge >= 0.3 is 0 Å². The molecule has 1 aromatic carbocycles. The highest BCUT2D eigenvalue weighted by Crippen LogP contribution is 2.32. The number of nitrogens with zero attached hydrogens (tertiary/aromatic N) is 3. The molecule has 1 N–H and O–H groups in total. The molecule has 26 heavy (non-hydrogen) atoms. The SMILES string of the molecule is COc1ccc2sc(N3CCC(NC(=O)c4cccnc4)CC3)nc2c1. The number of benzene rings is 1. The van der Waals surface area contributed by atoms with Crippen molar-refractivity contribution in [2.45, 2.75) is 18.9 Å². The lowest BCUT2D eigenvalue weighted by molar-refractivity contribution is 0.0930. The second-order valence-electron chi connectivity index (χ2n) is 6.31. The highest BCUT2D eigenvalue weighted by atomic mass is 32.1. The van der Waals surface area contributed by atoms with Crippen LogP contribution in [0.3, 0.4) is 0 Å². The minimum atomic E-state index is -0.0522. The van der Waals surface area contributed by atoms with E-state index in [0.717, 1.165) is 47.0 Å². The van der Waals surface area contributed by atoms with Crippen LogP contribution in [0.2, 0.25) is 0 Å². The van der Waals surface area contributed by atoms with Gasteiger partial charge in [-0.05, 0) is 37.1 Å². The summed E-state index contributed by atoms with van der Waals surface area (Å²) in [5, 5.41) is 4.14. The maximum absolute atomic E-state index is 12.3. The number of carbonyl (C=O) groups is 1. The molecule has 1 amide bonds. The Morgan fingerprint density at radius 3 is 2.88 bits per heavy atom. The van der Waals surface area contributed by atoms with Crippen molar-refractivity contribution in [1.82, 2.24) is 15.3 Å². The maximum Gasteiger partial charge on any atom is 0.253 e. The highest BCUT2D eigenvalue weighted by Gasteiger charge is 2.23. The molecule has 0 unspecified atom stereocenters. The monoisotopic (exact) mass is 368 g/mol. The van der Waals surface area contributed by atoms with Crippen LogP contribution >= 0.6 is 11.3 Å². The summed E-state index contributed by atoms with van der Waals surface area (Å²) in [5.74, 6) is 0.773. The standard InChI is InChI=1S/C19H20N4O2S/c1-25-15-4-5-17-16(11-15)22-19(26-17)23-9-6-14(7-10-23)21-18(24)13-3-2-8-20-12-13/h2-5,8,11-12,14H,6-7,9-10H2,1H3,(H,21,24). The van der Waals surface area contributed by atoms with Crippen LogP contribution in [0, 0.1) is 0 Å². The van der Waals surface area contributed by atoms with E-state index in [1.54, 1.807) is 43.0 Å². The van der Waals surface area contributed by atoms with Gasteiger partial charge in [-0.15, -0.1) is 0 Å². The molecule has 0 saturated carbocycles. The normalized spacial score (nSPS) is 15.2. The molecule has 3 aromatic rings. The Balaban J connectivity index is 1.38. The molecule has 0 spiro atoms. The van der Waals surface area contributed by atoms with Crippen molar-refractivity contribution < 1.29 is 9.53 Å². The van der Waals surface area contributed by atoms with E-state index in [2.05, 4.69) is 21.3 Å². The van der Waals surface area contributed by atoms with Gasteiger partial charge in [0.15, 0.2) is 5.13 Å². The predicted octanol–water partition coefficient (Wildman–Crippen LogP) is 3.10. The second-order valence-corrected chi connectivity index (χ2v) is 7.32. The van der Waals surface area contributed by atoms with Gasteiger partial charge in [0.2, 0.25) is 0 Å². The molecule has 0 atom stereocenters. The van der Waals surface area contributed by atoms with Crippen LogP contribution in [-0.2, 0) is 0 Å². The fourth-order valence-corrected chi connectivity index (χ4v) is 4.14. The van der Waals surface area contributed by atoms with Gasteiger partial charge in [0.1, 0.15) is 5.75 Å². The molecule has 0 radical (unpaired) electrons. The first-order valence-corrected chi connectivity index (χ1v) is 9.45. The van der Waals surface area contributed by atoms with Gasteiger partial charge in [0.05, 0.1) is 22.9 Å². The van der Waals surface area contributed by atoms with Gasteiger partial charge in [-0.2, -0.15) is 0 Å². The molecule has 3 heterocycles. The van der Waals surface area contributed by atoms with E-state index in [1.807, 2.05) is 12.1 Å². The lowest BCUT2D eigenvalue weighted by Gasteiger charge is -2.32. The molecule has 1 fully saturated rings. The van der Waals surface area contributed by atoms with Gasteiger partial charge in [0.25, 0.3) is 5.91 Å². The number of nitrogens with one attached hydrogen (secondary N) is 1. The molecule has 2 aromatic heterocycles. The molecule has 0 bridgehead atoms. The summed E-state index contributed by atoms with van der Waals surface area (Å²) < 4.78 is 6.43. The number of aromatic nitrogens is 2. The van der Waals surface area contributed by atoms with E-state index in [9.17, 15) is 4.79 Å². The summed E-state index contributed by atoms with van der Waals surface area (Å²) in [6, 6.07) is 9.73. The van der Waals surface area contributed by atoms with Crippen LogP contribution in [0.5, 0.6) is 5.75 Å². The van der Waals surface area contributed by atoms with Crippen molar-refractivity contribution in [3.63, 3.8) is 0 Å². The Morgan fingerprint density at radius 1 is 1.31 bits per heavy atom. The van der Waals surface area contributed by atoms with Crippen LogP contribution in [0.1, 0.15) is 23.2 Å². The third kappa shape index (κ3) is 3.48. The van der Waals surface area contributed by atoms with Crippen LogP contribution in [0.4, 0.5) is 5.13 Å². The smallest absolute Gasteiger partial charge is 0.253 e. The zero-order valence-corrected chi connectivity index (χ0v) is 15.3. The Labute approximate surface area is 155 Å². The largest absolute Gasteiger partial charge is 0.497 e. The number of piperidine rings is 1. The molecular formula is C19H20N4O2S. The van der Waals surface area contributed by atoms with E-state index in [0.29, 0.717) is 5.56 Å². The summed E-state index contributed by atoms with van der Waals surface area (Å²) in [5.41, 5.74) is 1.58. The number of hydrogen-bond acceptors (Lipinski definition) is 6. The predicted molar refractivity (Wildman–Crippen MR) is 103 cm³/mol. The van der Waals surface area contributed by atoms with Crippen molar-refractivity contribution in [2.24, 2.45) is 0 Å². The fourth-order valence-electron chi connectivity index (χ4n) is 3.14. The molecule has 1 aliphatic rings. The number of carbonyl (C=O) groups excluding carboxylic acids is 1. The Morgan fingerprint density at radius 2 is 2.15 bits per heavy atom. The highest BCUT2D eigenvalue weighted by molar-refractivity contribution is 7.22. The maximum atomic E-state index is 12.3. The summed E-state index contributed by atoms with van der Waals surface area (Å²) in [7, 11) is 1.67. The Kier molecular flexibility index (Phi) is 4.71. The number of thiazole rings is 1. The van der Waals surface area contributed by atoms with Crippen LogP contribution in [0.15, 0.2) is 42.7 Å². The van der Waals surface area contributed by atoms with E-state index >= 15 is 0 Å². The molecule has 1 saturated heterocycles. The quantitative estimate of drug-likeness (QED) is 0.766. The first-order chi connectivity index (χ1) is 12.7. The van der Waals surface area contributed by atoms with Gasteiger partial charge in [0, 0.05) is 37.6 Å². The zero-order valence-electron chi connectivity index (χ0n) is 14.5. The number of pyridine rings is 1. The molecule has 4 rings (SSSR count). The Bertz CT molecular complexity index is 904. The molecule has 134 valence electrons. The molecule has 6 nitrogen and oxygen atoms in total. The number of anilines is 1. The zero-order chi connectivity index (χ0) is 17.9. The molecular weight excluding hydrogens is 348 g/mol. The number of hydrogen-bond donors (Lipinski definition) is 1. The average Bonchev–Trinajstić information content (AvgIpc) is 3.12. The van der Waals surface area contributed by atoms with Crippen molar-refractivity contribution in [3.05, 3.63) is 48.3 Å². The van der Waals surface area contributed by atoms with Gasteiger partial charge in [-0.3, -0.25) is 9.78 Å². The van der Waals surface area contributed by atoms with Gasteiger partial charge < -0.3 is 15.0 Å². The average molecular weight is 368 g/mol. The number of fused-ring (bicyclic) bond motifs is 1. The lowest BCUT2D eigenvalue weighted by atomic mass is 10.1. The number of rotatable bonds is 4. The van der Waals surface area contributed by atoms with E-state index in [4.69, 9.17) is 9.72 Å². The van der Waals surface area contributed by atoms with Crippen LogP contribution in [-0.4, -0.2) is 42.1 Å². The first-order valence-electron chi connectivity index (χ1n) is 8.63. The fraction of sp³-hybridized carbons (Fsp3) is 0.316. The van der Waals surface area contributed by atoms with Crippen molar-refractivity contribution in [1.29, 1.82) is 0 Å². The number of ether oxygens (including phenoxy) is 1. The number of methoxy groups -OCH3 is 1. The van der Waals surface area contributed by atoms with E-state index < -0.39 is 0 Å². The topological polar surface area (TPSA) is 67.3 Å². The Hall–Kier alpha value is -2.67. The second kappa shape index (κ2) is 7.29. The third-order valence-electron chi connectivity index (χ3n) is 4.61. The third-order valence-corrected chi connectivity index (χ3v) is 5.71. The van der Waals surface area contributed by atoms with Crippen LogP contribution < -0.4 is 15.0 Å². The summed E-state index contributed by atoms with van der Waals surface area (Å²) >= 11 is 1.70. The van der Waals surface area contributed by atoms with Crippen molar-refractivity contribution in [3.8, 4) is 5.75 Å². The lowest BCUT2D eigenvalue weighted by Crippen LogP contribution is -2.44. The van der Waals surface area contributed by atoms with Crippen molar-refractivity contribution in [2.75, 3.05) is 25.1 Å². The summed E-state index contributed by atoms with van der Waals surface area (Å²) in [6.07, 6.45) is 5.08. The van der Waals surface area contributed by atoms with Gasteiger partial charge in [-0.1, -0.05) is 11.3 Å². The minimum Gasteiger partial charge on any atom is -0.497 e. The van der Waals surface area contributed by atoms with E-state index in [1.165, 1.54) is 0 Å². The summed E-state index contributed by atoms with van der Waals surface area (Å²) in [4.78, 5) is 23.3. The minimum absolute atomic E-state index is 0.0522.